The van der Waals surface area contributed by atoms with Gasteiger partial charge in [0.15, 0.2) is 5.13 Å². The molecule has 3 N–H and O–H groups in total. The number of carbonyl (C=O) groups excluding carboxylic acids is 1. The lowest BCUT2D eigenvalue weighted by molar-refractivity contribution is 0.103. The number of hydrogen-bond acceptors (Lipinski definition) is 7. The molecule has 0 atom stereocenters. The first-order valence-electron chi connectivity index (χ1n) is 9.74. The molecule has 33 heavy (non-hydrogen) atoms. The SMILES string of the molecule is Cc1ccc2[nH]ncc2c1NC(=O)c1cnc(Nc2cccc(-c3ccc(F)nc3F)n2)s1. The van der Waals surface area contributed by atoms with Gasteiger partial charge in [-0.3, -0.25) is 9.89 Å². The summed E-state index contributed by atoms with van der Waals surface area (Å²) in [6.07, 6.45) is 3.12. The van der Waals surface area contributed by atoms with E-state index in [1.165, 1.54) is 12.3 Å². The summed E-state index contributed by atoms with van der Waals surface area (Å²) in [7, 11) is 0. The van der Waals surface area contributed by atoms with Crippen LogP contribution in [0.3, 0.4) is 0 Å². The molecular formula is C22H15F2N7OS. The number of halogens is 2. The summed E-state index contributed by atoms with van der Waals surface area (Å²) >= 11 is 1.14. The van der Waals surface area contributed by atoms with Crippen molar-refractivity contribution in [1.82, 2.24) is 25.1 Å². The number of amides is 1. The van der Waals surface area contributed by atoms with Crippen molar-refractivity contribution in [3.05, 3.63) is 77.2 Å². The highest BCUT2D eigenvalue weighted by Crippen LogP contribution is 2.28. The number of pyridine rings is 2. The van der Waals surface area contributed by atoms with Crippen molar-refractivity contribution >= 4 is 44.8 Å². The summed E-state index contributed by atoms with van der Waals surface area (Å²) in [5, 5.41) is 14.1. The van der Waals surface area contributed by atoms with Gasteiger partial charge < -0.3 is 10.6 Å². The number of nitrogens with zero attached hydrogens (tertiary/aromatic N) is 4. The van der Waals surface area contributed by atoms with Crippen molar-refractivity contribution in [1.29, 1.82) is 0 Å². The molecule has 0 radical (unpaired) electrons. The summed E-state index contributed by atoms with van der Waals surface area (Å²) in [5.41, 5.74) is 2.76. The monoisotopic (exact) mass is 463 g/mol. The largest absolute Gasteiger partial charge is 0.320 e. The van der Waals surface area contributed by atoms with Crippen molar-refractivity contribution in [2.24, 2.45) is 0 Å². The van der Waals surface area contributed by atoms with Crippen molar-refractivity contribution < 1.29 is 13.6 Å². The van der Waals surface area contributed by atoms with Gasteiger partial charge in [0.05, 0.1) is 34.9 Å². The summed E-state index contributed by atoms with van der Waals surface area (Å²) in [6.45, 7) is 1.90. The molecule has 0 aliphatic rings. The van der Waals surface area contributed by atoms with Crippen LogP contribution >= 0.6 is 11.3 Å². The van der Waals surface area contributed by atoms with Crippen LogP contribution in [0.25, 0.3) is 22.2 Å². The van der Waals surface area contributed by atoms with E-state index >= 15 is 0 Å². The van der Waals surface area contributed by atoms with Crippen molar-refractivity contribution in [2.75, 3.05) is 10.6 Å². The molecule has 5 rings (SSSR count). The van der Waals surface area contributed by atoms with Gasteiger partial charge in [0.25, 0.3) is 5.91 Å². The van der Waals surface area contributed by atoms with E-state index in [1.54, 1.807) is 24.4 Å². The van der Waals surface area contributed by atoms with E-state index in [4.69, 9.17) is 0 Å². The van der Waals surface area contributed by atoms with Gasteiger partial charge in [0.1, 0.15) is 10.7 Å². The van der Waals surface area contributed by atoms with Gasteiger partial charge in [-0.15, -0.1) is 0 Å². The van der Waals surface area contributed by atoms with Gasteiger partial charge in [-0.25, -0.2) is 9.97 Å². The fourth-order valence-corrected chi connectivity index (χ4v) is 3.99. The number of H-pyrrole nitrogens is 1. The van der Waals surface area contributed by atoms with Crippen LogP contribution in [0.2, 0.25) is 0 Å². The van der Waals surface area contributed by atoms with E-state index in [0.717, 1.165) is 33.9 Å². The standard InChI is InChI=1S/C22H15F2N7OS/c1-11-5-7-15-13(9-26-31-15)19(11)30-21(32)16-10-25-22(33-16)29-18-4-2-3-14(27-18)12-6-8-17(23)28-20(12)24/h2-10H,1H3,(H,26,31)(H,30,32)(H,25,27,29). The number of aromatic nitrogens is 5. The summed E-state index contributed by atoms with van der Waals surface area (Å²) in [5.74, 6) is -1.77. The average molecular weight is 463 g/mol. The Morgan fingerprint density at radius 3 is 2.79 bits per heavy atom. The van der Waals surface area contributed by atoms with Crippen LogP contribution in [-0.2, 0) is 0 Å². The van der Waals surface area contributed by atoms with Crippen LogP contribution < -0.4 is 10.6 Å². The first-order chi connectivity index (χ1) is 16.0. The maximum absolute atomic E-state index is 14.0. The third kappa shape index (κ3) is 4.13. The van der Waals surface area contributed by atoms with Gasteiger partial charge in [-0.05, 0) is 42.8 Å². The second-order valence-corrected chi connectivity index (χ2v) is 8.11. The number of rotatable bonds is 5. The Kier molecular flexibility index (Phi) is 5.23. The Balaban J connectivity index is 1.34. The number of anilines is 3. The molecule has 0 fully saturated rings. The van der Waals surface area contributed by atoms with Crippen LogP contribution in [0.15, 0.2) is 54.9 Å². The van der Waals surface area contributed by atoms with E-state index in [-0.39, 0.29) is 17.2 Å². The lowest BCUT2D eigenvalue weighted by atomic mass is 10.1. The normalized spacial score (nSPS) is 11.0. The fraction of sp³-hybridized carbons (Fsp3) is 0.0455. The molecule has 0 saturated heterocycles. The third-order valence-electron chi connectivity index (χ3n) is 4.88. The third-order valence-corrected chi connectivity index (χ3v) is 5.79. The Morgan fingerprint density at radius 2 is 1.94 bits per heavy atom. The van der Waals surface area contributed by atoms with Crippen molar-refractivity contribution in [2.45, 2.75) is 6.92 Å². The number of benzene rings is 1. The highest BCUT2D eigenvalue weighted by molar-refractivity contribution is 7.17. The van der Waals surface area contributed by atoms with Crippen LogP contribution in [0.1, 0.15) is 15.2 Å². The minimum absolute atomic E-state index is 0.0723. The van der Waals surface area contributed by atoms with Gasteiger partial charge in [-0.2, -0.15) is 18.9 Å². The Hall–Kier alpha value is -4.25. The molecule has 0 unspecified atom stereocenters. The predicted octanol–water partition coefficient (Wildman–Crippen LogP) is 5.06. The number of carbonyl (C=O) groups is 1. The minimum atomic E-state index is -0.948. The smallest absolute Gasteiger partial charge is 0.267 e. The number of hydrogen-bond donors (Lipinski definition) is 3. The zero-order valence-corrected chi connectivity index (χ0v) is 17.9. The highest BCUT2D eigenvalue weighted by atomic mass is 32.1. The predicted molar refractivity (Wildman–Crippen MR) is 122 cm³/mol. The molecule has 1 amide bonds. The maximum atomic E-state index is 14.0. The molecule has 8 nitrogen and oxygen atoms in total. The van der Waals surface area contributed by atoms with Crippen molar-refractivity contribution in [3.8, 4) is 11.3 Å². The summed E-state index contributed by atoms with van der Waals surface area (Å²) < 4.78 is 27.1. The molecule has 0 bridgehead atoms. The topological polar surface area (TPSA) is 108 Å². The average Bonchev–Trinajstić information content (AvgIpc) is 3.46. The van der Waals surface area contributed by atoms with E-state index < -0.39 is 11.9 Å². The van der Waals surface area contributed by atoms with Gasteiger partial charge in [0.2, 0.25) is 11.9 Å². The fourth-order valence-electron chi connectivity index (χ4n) is 3.27. The summed E-state index contributed by atoms with van der Waals surface area (Å²) in [4.78, 5) is 25.0. The van der Waals surface area contributed by atoms with E-state index in [2.05, 4.69) is 35.8 Å². The van der Waals surface area contributed by atoms with Crippen molar-refractivity contribution in [3.63, 3.8) is 0 Å². The van der Waals surface area contributed by atoms with Crippen LogP contribution in [0, 0.1) is 18.8 Å². The highest BCUT2D eigenvalue weighted by Gasteiger charge is 2.15. The second-order valence-electron chi connectivity index (χ2n) is 7.08. The molecule has 11 heteroatoms. The van der Waals surface area contributed by atoms with Crippen LogP contribution in [0.4, 0.5) is 25.4 Å². The van der Waals surface area contributed by atoms with Gasteiger partial charge >= 0.3 is 0 Å². The first kappa shape index (κ1) is 20.6. The van der Waals surface area contributed by atoms with Gasteiger partial charge in [0, 0.05) is 5.39 Å². The zero-order valence-electron chi connectivity index (χ0n) is 17.1. The molecule has 0 aliphatic heterocycles. The zero-order chi connectivity index (χ0) is 22.9. The first-order valence-corrected chi connectivity index (χ1v) is 10.6. The maximum Gasteiger partial charge on any atom is 0.267 e. The van der Waals surface area contributed by atoms with Crippen LogP contribution in [-0.4, -0.2) is 31.1 Å². The number of thiazole rings is 1. The number of fused-ring (bicyclic) bond motifs is 1. The quantitative estimate of drug-likeness (QED) is 0.315. The van der Waals surface area contributed by atoms with E-state index in [9.17, 15) is 13.6 Å². The molecule has 5 aromatic rings. The number of aromatic amines is 1. The Labute approximate surface area is 189 Å². The summed E-state index contributed by atoms with van der Waals surface area (Å²) in [6, 6.07) is 11.1. The molecule has 4 heterocycles. The minimum Gasteiger partial charge on any atom is -0.320 e. The molecular weight excluding hydrogens is 448 g/mol. The number of aryl methyl sites for hydroxylation is 1. The molecule has 0 spiro atoms. The van der Waals surface area contributed by atoms with E-state index in [0.29, 0.717) is 21.5 Å². The molecule has 0 aliphatic carbocycles. The Morgan fingerprint density at radius 1 is 1.06 bits per heavy atom. The lowest BCUT2D eigenvalue weighted by Gasteiger charge is -2.08. The molecule has 0 saturated carbocycles. The van der Waals surface area contributed by atoms with E-state index in [1.807, 2.05) is 19.1 Å². The second kappa shape index (κ2) is 8.36. The molecule has 1 aromatic carbocycles. The lowest BCUT2D eigenvalue weighted by Crippen LogP contribution is -2.11. The molecule has 164 valence electrons. The van der Waals surface area contributed by atoms with Gasteiger partial charge in [-0.1, -0.05) is 23.5 Å². The van der Waals surface area contributed by atoms with Crippen LogP contribution in [0.5, 0.6) is 0 Å². The number of nitrogens with one attached hydrogen (secondary N) is 3. The Bertz CT molecular complexity index is 1500. The molecule has 4 aromatic heterocycles.